The second kappa shape index (κ2) is 5.55. The van der Waals surface area contributed by atoms with Crippen molar-refractivity contribution < 1.29 is 0 Å². The topological polar surface area (TPSA) is 3.24 Å². The Balaban J connectivity index is 2.60. The minimum atomic E-state index is 0.816. The molecule has 1 aliphatic heterocycles. The van der Waals surface area contributed by atoms with Gasteiger partial charge in [-0.2, -0.15) is 0 Å². The van der Waals surface area contributed by atoms with Crippen molar-refractivity contribution in [3.05, 3.63) is 60.0 Å². The van der Waals surface area contributed by atoms with Crippen molar-refractivity contribution in [1.82, 2.24) is 4.90 Å². The Labute approximate surface area is 99.2 Å². The Bertz CT molecular complexity index is 380. The number of hydrogen-bond donors (Lipinski definition) is 0. The molecular formula is C15H21N. The van der Waals surface area contributed by atoms with Gasteiger partial charge >= 0.3 is 0 Å². The average Bonchev–Trinajstić information content (AvgIpc) is 2.22. The summed E-state index contributed by atoms with van der Waals surface area (Å²) in [5, 5.41) is 0. The highest BCUT2D eigenvalue weighted by atomic mass is 15.1. The number of hydrogen-bond acceptors (Lipinski definition) is 1. The molecule has 0 bridgehead atoms. The Morgan fingerprint density at radius 1 is 1.50 bits per heavy atom. The molecular weight excluding hydrogens is 194 g/mol. The first-order valence-electron chi connectivity index (χ1n) is 5.70. The van der Waals surface area contributed by atoms with E-state index < -0.39 is 0 Å². The molecule has 0 aliphatic carbocycles. The van der Waals surface area contributed by atoms with Crippen molar-refractivity contribution >= 4 is 0 Å². The maximum absolute atomic E-state index is 4.08. The van der Waals surface area contributed by atoms with E-state index in [-0.39, 0.29) is 0 Å². The highest BCUT2D eigenvalue weighted by molar-refractivity contribution is 5.34. The van der Waals surface area contributed by atoms with E-state index in [9.17, 15) is 0 Å². The van der Waals surface area contributed by atoms with Gasteiger partial charge in [-0.25, -0.2) is 0 Å². The molecule has 0 atom stereocenters. The lowest BCUT2D eigenvalue weighted by Gasteiger charge is -2.24. The van der Waals surface area contributed by atoms with E-state index in [0.717, 1.165) is 24.2 Å². The third-order valence-electron chi connectivity index (χ3n) is 2.66. The van der Waals surface area contributed by atoms with Crippen LogP contribution in [0.4, 0.5) is 0 Å². The monoisotopic (exact) mass is 215 g/mol. The van der Waals surface area contributed by atoms with Gasteiger partial charge in [-0.1, -0.05) is 31.7 Å². The second-order valence-electron chi connectivity index (χ2n) is 4.33. The van der Waals surface area contributed by atoms with Crippen LogP contribution >= 0.6 is 0 Å². The van der Waals surface area contributed by atoms with Crippen molar-refractivity contribution in [3.8, 4) is 0 Å². The van der Waals surface area contributed by atoms with E-state index >= 15 is 0 Å². The molecule has 0 fully saturated rings. The fourth-order valence-corrected chi connectivity index (χ4v) is 1.57. The van der Waals surface area contributed by atoms with E-state index in [1.54, 1.807) is 0 Å². The first-order valence-corrected chi connectivity index (χ1v) is 5.70. The van der Waals surface area contributed by atoms with Crippen molar-refractivity contribution in [2.24, 2.45) is 0 Å². The molecule has 1 aliphatic rings. The van der Waals surface area contributed by atoms with Crippen LogP contribution in [0.25, 0.3) is 0 Å². The maximum Gasteiger partial charge on any atom is 0.0469 e. The first-order chi connectivity index (χ1) is 7.52. The van der Waals surface area contributed by atoms with Crippen LogP contribution in [0.5, 0.6) is 0 Å². The summed E-state index contributed by atoms with van der Waals surface area (Å²) >= 11 is 0. The van der Waals surface area contributed by atoms with Crippen LogP contribution in [0.2, 0.25) is 0 Å². The summed E-state index contributed by atoms with van der Waals surface area (Å²) in [6, 6.07) is 0. The lowest BCUT2D eigenvalue weighted by atomic mass is 10.1. The Morgan fingerprint density at radius 3 is 2.75 bits per heavy atom. The standard InChI is InChI=1S/C15H21N/c1-6-12(2)9-14(4)11-16-8-7-13(3)10-15(16)5/h7-10H,4-6,11H2,1-3H3/b12-9+. The minimum absolute atomic E-state index is 0.816. The van der Waals surface area contributed by atoms with Crippen LogP contribution < -0.4 is 0 Å². The smallest absolute Gasteiger partial charge is 0.0469 e. The Kier molecular flexibility index (Phi) is 4.36. The summed E-state index contributed by atoms with van der Waals surface area (Å²) in [7, 11) is 0. The van der Waals surface area contributed by atoms with Gasteiger partial charge in [-0.3, -0.25) is 0 Å². The van der Waals surface area contributed by atoms with E-state index in [0.29, 0.717) is 0 Å². The molecule has 0 spiro atoms. The van der Waals surface area contributed by atoms with E-state index in [1.807, 2.05) is 0 Å². The first kappa shape index (κ1) is 12.6. The van der Waals surface area contributed by atoms with Gasteiger partial charge in [-0.05, 0) is 43.6 Å². The molecule has 0 aromatic carbocycles. The van der Waals surface area contributed by atoms with Gasteiger partial charge in [0.05, 0.1) is 0 Å². The SMILES string of the molecule is C=C(/C=C(\C)CC)CN1C=CC(C)=CC1=C. The third kappa shape index (κ3) is 3.58. The average molecular weight is 215 g/mol. The van der Waals surface area contributed by atoms with Gasteiger partial charge in [0.2, 0.25) is 0 Å². The molecule has 0 saturated carbocycles. The molecule has 16 heavy (non-hydrogen) atoms. The Morgan fingerprint density at radius 2 is 2.19 bits per heavy atom. The van der Waals surface area contributed by atoms with E-state index in [2.05, 4.69) is 63.3 Å². The number of rotatable bonds is 4. The molecule has 0 saturated heterocycles. The fourth-order valence-electron chi connectivity index (χ4n) is 1.57. The zero-order valence-electron chi connectivity index (χ0n) is 10.6. The van der Waals surface area contributed by atoms with Gasteiger partial charge in [0.1, 0.15) is 0 Å². The summed E-state index contributed by atoms with van der Waals surface area (Å²) in [5.74, 6) is 0. The second-order valence-corrected chi connectivity index (χ2v) is 4.33. The quantitative estimate of drug-likeness (QED) is 0.636. The molecule has 0 aromatic rings. The highest BCUT2D eigenvalue weighted by Gasteiger charge is 2.07. The fraction of sp³-hybridized carbons (Fsp3) is 0.333. The van der Waals surface area contributed by atoms with Crippen LogP contribution in [0, 0.1) is 0 Å². The van der Waals surface area contributed by atoms with Gasteiger partial charge in [-0.15, -0.1) is 0 Å². The number of allylic oxidation sites excluding steroid dienone is 4. The predicted molar refractivity (Wildman–Crippen MR) is 71.9 cm³/mol. The van der Waals surface area contributed by atoms with Gasteiger partial charge in [0.15, 0.2) is 0 Å². The third-order valence-corrected chi connectivity index (χ3v) is 2.66. The lowest BCUT2D eigenvalue weighted by Crippen LogP contribution is -2.19. The van der Waals surface area contributed by atoms with Gasteiger partial charge in [0.25, 0.3) is 0 Å². The van der Waals surface area contributed by atoms with Crippen molar-refractivity contribution in [2.75, 3.05) is 6.54 Å². The normalized spacial score (nSPS) is 16.4. The predicted octanol–water partition coefficient (Wildman–Crippen LogP) is 4.19. The largest absolute Gasteiger partial charge is 0.344 e. The van der Waals surface area contributed by atoms with Crippen LogP contribution in [-0.2, 0) is 0 Å². The van der Waals surface area contributed by atoms with Crippen molar-refractivity contribution in [2.45, 2.75) is 27.2 Å². The highest BCUT2D eigenvalue weighted by Crippen LogP contribution is 2.17. The molecule has 1 nitrogen and oxygen atoms in total. The minimum Gasteiger partial charge on any atom is -0.344 e. The molecule has 0 amide bonds. The molecule has 0 unspecified atom stereocenters. The molecule has 1 rings (SSSR count). The molecule has 0 aromatic heterocycles. The zero-order chi connectivity index (χ0) is 12.1. The van der Waals surface area contributed by atoms with Crippen LogP contribution in [0.3, 0.4) is 0 Å². The summed E-state index contributed by atoms with van der Waals surface area (Å²) in [6.45, 7) is 15.3. The molecule has 0 N–H and O–H groups in total. The zero-order valence-corrected chi connectivity index (χ0v) is 10.6. The lowest BCUT2D eigenvalue weighted by molar-refractivity contribution is 0.521. The summed E-state index contributed by atoms with van der Waals surface area (Å²) in [5.41, 5.74) is 4.76. The van der Waals surface area contributed by atoms with Crippen LogP contribution in [-0.4, -0.2) is 11.4 Å². The van der Waals surface area contributed by atoms with Crippen molar-refractivity contribution in [3.63, 3.8) is 0 Å². The molecule has 0 radical (unpaired) electrons. The molecule has 86 valence electrons. The van der Waals surface area contributed by atoms with E-state index in [4.69, 9.17) is 0 Å². The van der Waals surface area contributed by atoms with Crippen LogP contribution in [0.1, 0.15) is 27.2 Å². The summed E-state index contributed by atoms with van der Waals surface area (Å²) < 4.78 is 0. The molecule has 1 heteroatoms. The summed E-state index contributed by atoms with van der Waals surface area (Å²) in [6.07, 6.45) is 9.49. The molecule has 1 heterocycles. The van der Waals surface area contributed by atoms with Crippen molar-refractivity contribution in [1.29, 1.82) is 0 Å². The van der Waals surface area contributed by atoms with E-state index in [1.165, 1.54) is 11.1 Å². The number of nitrogens with zero attached hydrogens (tertiary/aromatic N) is 1. The maximum atomic E-state index is 4.08. The van der Waals surface area contributed by atoms with Gasteiger partial charge < -0.3 is 4.90 Å². The van der Waals surface area contributed by atoms with Gasteiger partial charge in [0, 0.05) is 18.4 Å². The summed E-state index contributed by atoms with van der Waals surface area (Å²) in [4.78, 5) is 2.12. The van der Waals surface area contributed by atoms with Crippen LogP contribution in [0.15, 0.2) is 60.0 Å². The Hall–Kier alpha value is -1.50.